The monoisotopic (exact) mass is 447 g/mol. The third-order valence-electron chi connectivity index (χ3n) is 4.53. The van der Waals surface area contributed by atoms with Gasteiger partial charge in [-0.15, -0.1) is 0 Å². The number of nitrogens with zero attached hydrogens (tertiary/aromatic N) is 1. The summed E-state index contributed by atoms with van der Waals surface area (Å²) in [6, 6.07) is 11.2. The topological polar surface area (TPSA) is 114 Å². The molecule has 10 heteroatoms. The highest BCUT2D eigenvalue weighted by Crippen LogP contribution is 2.34. The summed E-state index contributed by atoms with van der Waals surface area (Å²) >= 11 is 0. The fourth-order valence-electron chi connectivity index (χ4n) is 3.05. The molecule has 0 radical (unpaired) electrons. The van der Waals surface area contributed by atoms with Crippen molar-refractivity contribution >= 4 is 27.5 Å². The standard InChI is InChI=1S/C21H25N3O6S/c1-14(2)23-31(27,28)17-8-9-18-19(10-17)30-13-21(26)24(18)12-20(25)22-11-15-4-6-16(29-3)7-5-15/h4-10,14,23H,11-13H2,1-3H3,(H,22,25). The second-order valence-corrected chi connectivity index (χ2v) is 9.01. The van der Waals surface area contributed by atoms with Crippen molar-refractivity contribution in [2.45, 2.75) is 31.3 Å². The lowest BCUT2D eigenvalue weighted by atomic mass is 10.2. The van der Waals surface area contributed by atoms with E-state index in [-0.39, 0.29) is 41.7 Å². The van der Waals surface area contributed by atoms with Crippen molar-refractivity contribution in [2.24, 2.45) is 0 Å². The summed E-state index contributed by atoms with van der Waals surface area (Å²) in [5, 5.41) is 2.77. The maximum Gasteiger partial charge on any atom is 0.265 e. The van der Waals surface area contributed by atoms with Crippen LogP contribution in [0.1, 0.15) is 19.4 Å². The van der Waals surface area contributed by atoms with E-state index in [0.717, 1.165) is 11.3 Å². The molecule has 3 rings (SSSR count). The fourth-order valence-corrected chi connectivity index (χ4v) is 4.31. The van der Waals surface area contributed by atoms with Gasteiger partial charge in [-0.1, -0.05) is 12.1 Å². The van der Waals surface area contributed by atoms with E-state index in [0.29, 0.717) is 12.2 Å². The van der Waals surface area contributed by atoms with Crippen LogP contribution in [0.25, 0.3) is 0 Å². The summed E-state index contributed by atoms with van der Waals surface area (Å²) < 4.78 is 37.8. The van der Waals surface area contributed by atoms with Gasteiger partial charge in [0.05, 0.1) is 17.7 Å². The fraction of sp³-hybridized carbons (Fsp3) is 0.333. The number of carbonyl (C=O) groups excluding carboxylic acids is 2. The first kappa shape index (κ1) is 22.6. The van der Waals surface area contributed by atoms with Crippen molar-refractivity contribution in [1.82, 2.24) is 10.0 Å². The minimum absolute atomic E-state index is 0.0261. The zero-order chi connectivity index (χ0) is 22.6. The van der Waals surface area contributed by atoms with Crippen molar-refractivity contribution in [2.75, 3.05) is 25.2 Å². The molecule has 2 amide bonds. The first-order chi connectivity index (χ1) is 14.7. The van der Waals surface area contributed by atoms with Gasteiger partial charge in [-0.3, -0.25) is 14.5 Å². The highest BCUT2D eigenvalue weighted by Gasteiger charge is 2.29. The molecular weight excluding hydrogens is 422 g/mol. The third-order valence-corrected chi connectivity index (χ3v) is 6.18. The minimum atomic E-state index is -3.71. The van der Waals surface area contributed by atoms with Gasteiger partial charge in [-0.2, -0.15) is 0 Å². The van der Waals surface area contributed by atoms with E-state index in [1.165, 1.54) is 23.1 Å². The van der Waals surface area contributed by atoms with E-state index < -0.39 is 10.0 Å². The zero-order valence-electron chi connectivity index (χ0n) is 17.5. The molecule has 0 bridgehead atoms. The molecule has 0 saturated carbocycles. The van der Waals surface area contributed by atoms with Crippen molar-refractivity contribution < 1.29 is 27.5 Å². The van der Waals surface area contributed by atoms with Gasteiger partial charge in [0, 0.05) is 18.7 Å². The maximum atomic E-state index is 12.4. The van der Waals surface area contributed by atoms with E-state index >= 15 is 0 Å². The molecule has 9 nitrogen and oxygen atoms in total. The molecule has 0 unspecified atom stereocenters. The Morgan fingerprint density at radius 2 is 1.90 bits per heavy atom. The molecular formula is C21H25N3O6S. The van der Waals surface area contributed by atoms with Crippen LogP contribution in [0.15, 0.2) is 47.4 Å². The number of ether oxygens (including phenoxy) is 2. The average molecular weight is 448 g/mol. The second kappa shape index (κ2) is 9.36. The molecule has 2 aromatic carbocycles. The molecule has 31 heavy (non-hydrogen) atoms. The maximum absolute atomic E-state index is 12.4. The van der Waals surface area contributed by atoms with Gasteiger partial charge in [-0.25, -0.2) is 13.1 Å². The van der Waals surface area contributed by atoms with Gasteiger partial charge in [-0.05, 0) is 43.7 Å². The largest absolute Gasteiger partial charge is 0.497 e. The van der Waals surface area contributed by atoms with Crippen LogP contribution in [-0.2, 0) is 26.2 Å². The van der Waals surface area contributed by atoms with Crippen LogP contribution in [-0.4, -0.2) is 46.5 Å². The number of nitrogens with one attached hydrogen (secondary N) is 2. The lowest BCUT2D eigenvalue weighted by Gasteiger charge is -2.29. The highest BCUT2D eigenvalue weighted by molar-refractivity contribution is 7.89. The summed E-state index contributed by atoms with van der Waals surface area (Å²) in [6.45, 7) is 3.25. The molecule has 0 fully saturated rings. The summed E-state index contributed by atoms with van der Waals surface area (Å²) in [5.74, 6) is 0.211. The Kier molecular flexibility index (Phi) is 6.81. The number of rotatable bonds is 8. The van der Waals surface area contributed by atoms with E-state index in [2.05, 4.69) is 10.0 Å². The number of benzene rings is 2. The van der Waals surface area contributed by atoms with Gasteiger partial charge in [0.25, 0.3) is 5.91 Å². The van der Waals surface area contributed by atoms with Crippen LogP contribution in [0, 0.1) is 0 Å². The first-order valence-corrected chi connectivity index (χ1v) is 11.2. The van der Waals surface area contributed by atoms with Crippen LogP contribution >= 0.6 is 0 Å². The number of fused-ring (bicyclic) bond motifs is 1. The number of sulfonamides is 1. The van der Waals surface area contributed by atoms with E-state index in [1.807, 2.05) is 12.1 Å². The Bertz CT molecular complexity index is 1070. The van der Waals surface area contributed by atoms with Crippen molar-refractivity contribution in [3.05, 3.63) is 48.0 Å². The number of hydrogen-bond acceptors (Lipinski definition) is 6. The molecule has 0 aromatic heterocycles. The number of hydrogen-bond donors (Lipinski definition) is 2. The summed E-state index contributed by atoms with van der Waals surface area (Å²) in [6.07, 6.45) is 0. The van der Waals surface area contributed by atoms with Gasteiger partial charge in [0.1, 0.15) is 18.0 Å². The Labute approximate surface area is 181 Å². The Balaban J connectivity index is 1.70. The van der Waals surface area contributed by atoms with Gasteiger partial charge in [0.15, 0.2) is 6.61 Å². The van der Waals surface area contributed by atoms with Gasteiger partial charge >= 0.3 is 0 Å². The first-order valence-electron chi connectivity index (χ1n) is 9.69. The van der Waals surface area contributed by atoms with Crippen molar-refractivity contribution in [3.63, 3.8) is 0 Å². The molecule has 0 saturated heterocycles. The average Bonchev–Trinajstić information content (AvgIpc) is 2.73. The molecule has 0 atom stereocenters. The molecule has 0 aliphatic carbocycles. The van der Waals surface area contributed by atoms with Crippen LogP contribution in [0.3, 0.4) is 0 Å². The molecule has 1 aliphatic heterocycles. The Morgan fingerprint density at radius 3 is 2.55 bits per heavy atom. The number of anilines is 1. The van der Waals surface area contributed by atoms with Crippen LogP contribution in [0.4, 0.5) is 5.69 Å². The molecule has 2 aromatic rings. The summed E-state index contributed by atoms with van der Waals surface area (Å²) in [4.78, 5) is 26.1. The van der Waals surface area contributed by atoms with E-state index in [4.69, 9.17) is 9.47 Å². The van der Waals surface area contributed by atoms with Gasteiger partial charge in [0.2, 0.25) is 15.9 Å². The number of methoxy groups -OCH3 is 1. The van der Waals surface area contributed by atoms with Crippen LogP contribution in [0.2, 0.25) is 0 Å². The zero-order valence-corrected chi connectivity index (χ0v) is 18.4. The third kappa shape index (κ3) is 5.53. The smallest absolute Gasteiger partial charge is 0.265 e. The van der Waals surface area contributed by atoms with Crippen molar-refractivity contribution in [1.29, 1.82) is 0 Å². The summed E-state index contributed by atoms with van der Waals surface area (Å²) in [7, 11) is -2.14. The predicted molar refractivity (Wildman–Crippen MR) is 115 cm³/mol. The molecule has 0 spiro atoms. The van der Waals surface area contributed by atoms with Crippen molar-refractivity contribution in [3.8, 4) is 11.5 Å². The minimum Gasteiger partial charge on any atom is -0.497 e. The Morgan fingerprint density at radius 1 is 1.19 bits per heavy atom. The Hall–Kier alpha value is -3.11. The molecule has 2 N–H and O–H groups in total. The van der Waals surface area contributed by atoms with Gasteiger partial charge < -0.3 is 14.8 Å². The lowest BCUT2D eigenvalue weighted by Crippen LogP contribution is -2.45. The van der Waals surface area contributed by atoms with E-state index in [9.17, 15) is 18.0 Å². The second-order valence-electron chi connectivity index (χ2n) is 7.30. The summed E-state index contributed by atoms with van der Waals surface area (Å²) in [5.41, 5.74) is 1.23. The SMILES string of the molecule is COc1ccc(CNC(=O)CN2C(=O)COc3cc(S(=O)(=O)NC(C)C)ccc32)cc1. The van der Waals surface area contributed by atoms with Crippen LogP contribution < -0.4 is 24.4 Å². The molecule has 166 valence electrons. The quantitative estimate of drug-likeness (QED) is 0.633. The number of amides is 2. The lowest BCUT2D eigenvalue weighted by molar-refractivity contribution is -0.125. The van der Waals surface area contributed by atoms with Crippen LogP contribution in [0.5, 0.6) is 11.5 Å². The number of carbonyl (C=O) groups is 2. The van der Waals surface area contributed by atoms with E-state index in [1.54, 1.807) is 33.1 Å². The molecule has 1 aliphatic rings. The normalized spacial score (nSPS) is 13.5. The highest BCUT2D eigenvalue weighted by atomic mass is 32.2. The predicted octanol–water partition coefficient (Wildman–Crippen LogP) is 1.42. The molecule has 1 heterocycles.